The second kappa shape index (κ2) is 6.91. The molecule has 0 aromatic rings. The van der Waals surface area contributed by atoms with E-state index in [-0.39, 0.29) is 18.3 Å². The van der Waals surface area contributed by atoms with Crippen LogP contribution in [-0.4, -0.2) is 49.7 Å². The molecule has 0 bridgehead atoms. The second-order valence-corrected chi connectivity index (χ2v) is 5.93. The molecule has 0 aromatic heterocycles. The van der Waals surface area contributed by atoms with Gasteiger partial charge in [-0.2, -0.15) is 0 Å². The molecule has 0 spiro atoms. The van der Waals surface area contributed by atoms with Gasteiger partial charge in [0.1, 0.15) is 0 Å². The molecule has 2 unspecified atom stereocenters. The van der Waals surface area contributed by atoms with Crippen molar-refractivity contribution in [2.24, 2.45) is 11.8 Å². The van der Waals surface area contributed by atoms with Gasteiger partial charge in [0.05, 0.1) is 12.5 Å². The number of likely N-dealkylation sites (tertiary alicyclic amines) is 1. The van der Waals surface area contributed by atoms with Crippen LogP contribution in [0.1, 0.15) is 32.1 Å². The summed E-state index contributed by atoms with van der Waals surface area (Å²) in [5.74, 6) is 1.27. The van der Waals surface area contributed by atoms with Gasteiger partial charge in [0.15, 0.2) is 0 Å². The molecule has 3 heterocycles. The van der Waals surface area contributed by atoms with Crippen LogP contribution in [0.4, 0.5) is 0 Å². The summed E-state index contributed by atoms with van der Waals surface area (Å²) in [5.41, 5.74) is 0. The first-order chi connectivity index (χ1) is 8.84. The van der Waals surface area contributed by atoms with E-state index in [1.807, 2.05) is 0 Å². The normalized spacial score (nSPS) is 32.3. The lowest BCUT2D eigenvalue weighted by molar-refractivity contribution is -0.137. The highest BCUT2D eigenvalue weighted by atomic mass is 35.5. The maximum Gasteiger partial charge on any atom is 0.228 e. The van der Waals surface area contributed by atoms with Crippen molar-refractivity contribution in [3.05, 3.63) is 0 Å². The monoisotopic (exact) mass is 288 g/mol. The van der Waals surface area contributed by atoms with E-state index in [1.165, 1.54) is 32.2 Å². The summed E-state index contributed by atoms with van der Waals surface area (Å²) >= 11 is 0. The third-order valence-corrected chi connectivity index (χ3v) is 4.80. The molecule has 2 atom stereocenters. The van der Waals surface area contributed by atoms with Crippen LogP contribution in [0.2, 0.25) is 0 Å². The Morgan fingerprint density at radius 2 is 1.95 bits per heavy atom. The van der Waals surface area contributed by atoms with Crippen LogP contribution in [0.25, 0.3) is 0 Å². The van der Waals surface area contributed by atoms with Gasteiger partial charge < -0.3 is 15.0 Å². The van der Waals surface area contributed by atoms with Gasteiger partial charge in [-0.05, 0) is 44.6 Å². The number of carbonyl (C=O) groups is 1. The number of nitrogens with one attached hydrogen (secondary N) is 1. The van der Waals surface area contributed by atoms with Crippen LogP contribution in [0.15, 0.2) is 0 Å². The smallest absolute Gasteiger partial charge is 0.228 e. The molecule has 3 fully saturated rings. The molecule has 3 aliphatic heterocycles. The highest BCUT2D eigenvalue weighted by Crippen LogP contribution is 2.27. The Labute approximate surface area is 121 Å². The molecular formula is C14H25ClN2O2. The minimum atomic E-state index is 0. The van der Waals surface area contributed by atoms with Crippen molar-refractivity contribution in [1.82, 2.24) is 10.2 Å². The summed E-state index contributed by atoms with van der Waals surface area (Å²) in [6, 6.07) is 0.720. The Hall–Kier alpha value is -0.320. The van der Waals surface area contributed by atoms with E-state index in [1.54, 1.807) is 0 Å². The number of hydrogen-bond acceptors (Lipinski definition) is 3. The first-order valence-corrected chi connectivity index (χ1v) is 7.44. The lowest BCUT2D eigenvalue weighted by Crippen LogP contribution is -2.45. The van der Waals surface area contributed by atoms with Gasteiger partial charge in [0.25, 0.3) is 0 Å². The van der Waals surface area contributed by atoms with E-state index in [2.05, 4.69) is 10.2 Å². The standard InChI is InChI=1S/C14H24N2O2.ClH/c17-14(12-5-9-18-10-12)16-7-3-11(4-8-16)13-2-1-6-15-13;/h11-13,15H,1-10H2;1H. The minimum absolute atomic E-state index is 0. The van der Waals surface area contributed by atoms with Crippen molar-refractivity contribution >= 4 is 18.3 Å². The van der Waals surface area contributed by atoms with Crippen molar-refractivity contribution in [3.8, 4) is 0 Å². The number of piperidine rings is 1. The Morgan fingerprint density at radius 1 is 1.16 bits per heavy atom. The fourth-order valence-electron chi connectivity index (χ4n) is 3.62. The zero-order chi connectivity index (χ0) is 12.4. The van der Waals surface area contributed by atoms with Crippen LogP contribution < -0.4 is 5.32 Å². The molecule has 1 amide bonds. The van der Waals surface area contributed by atoms with E-state index in [4.69, 9.17) is 4.74 Å². The molecule has 3 rings (SSSR count). The first-order valence-electron chi connectivity index (χ1n) is 7.44. The van der Waals surface area contributed by atoms with Crippen LogP contribution >= 0.6 is 12.4 Å². The lowest BCUT2D eigenvalue weighted by atomic mass is 9.88. The number of ether oxygens (including phenoxy) is 1. The highest BCUT2D eigenvalue weighted by Gasteiger charge is 2.33. The molecule has 110 valence electrons. The molecule has 3 saturated heterocycles. The Bertz CT molecular complexity index is 294. The number of halogens is 1. The zero-order valence-electron chi connectivity index (χ0n) is 11.5. The average Bonchev–Trinajstić information content (AvgIpc) is 3.11. The Morgan fingerprint density at radius 3 is 2.53 bits per heavy atom. The predicted molar refractivity (Wildman–Crippen MR) is 76.5 cm³/mol. The van der Waals surface area contributed by atoms with Gasteiger partial charge in [-0.3, -0.25) is 4.79 Å². The molecule has 3 aliphatic rings. The van der Waals surface area contributed by atoms with E-state index in [0.717, 1.165) is 38.1 Å². The number of hydrogen-bond donors (Lipinski definition) is 1. The quantitative estimate of drug-likeness (QED) is 0.836. The number of rotatable bonds is 2. The summed E-state index contributed by atoms with van der Waals surface area (Å²) in [4.78, 5) is 14.3. The van der Waals surface area contributed by atoms with Crippen molar-refractivity contribution in [2.45, 2.75) is 38.1 Å². The highest BCUT2D eigenvalue weighted by molar-refractivity contribution is 5.85. The molecule has 0 saturated carbocycles. The lowest BCUT2D eigenvalue weighted by Gasteiger charge is -2.35. The van der Waals surface area contributed by atoms with Crippen LogP contribution in [-0.2, 0) is 9.53 Å². The largest absolute Gasteiger partial charge is 0.381 e. The number of carbonyl (C=O) groups excluding carboxylic acids is 1. The van der Waals surface area contributed by atoms with Crippen molar-refractivity contribution in [2.75, 3.05) is 32.8 Å². The summed E-state index contributed by atoms with van der Waals surface area (Å²) in [7, 11) is 0. The third-order valence-electron chi connectivity index (χ3n) is 4.80. The van der Waals surface area contributed by atoms with E-state index in [0.29, 0.717) is 12.5 Å². The minimum Gasteiger partial charge on any atom is -0.381 e. The number of amides is 1. The second-order valence-electron chi connectivity index (χ2n) is 5.93. The summed E-state index contributed by atoms with van der Waals surface area (Å²) in [5, 5.41) is 3.60. The molecule has 5 heteroatoms. The number of nitrogens with zero attached hydrogens (tertiary/aromatic N) is 1. The summed E-state index contributed by atoms with van der Waals surface area (Å²) < 4.78 is 5.31. The summed E-state index contributed by atoms with van der Waals surface area (Å²) in [6.07, 6.45) is 5.93. The Kier molecular flexibility index (Phi) is 5.48. The van der Waals surface area contributed by atoms with Gasteiger partial charge >= 0.3 is 0 Å². The molecule has 0 aliphatic carbocycles. The molecule has 19 heavy (non-hydrogen) atoms. The molecule has 4 nitrogen and oxygen atoms in total. The van der Waals surface area contributed by atoms with Gasteiger partial charge in [-0.15, -0.1) is 12.4 Å². The molecule has 0 aromatic carbocycles. The van der Waals surface area contributed by atoms with Crippen molar-refractivity contribution in [3.63, 3.8) is 0 Å². The van der Waals surface area contributed by atoms with Crippen LogP contribution in [0.3, 0.4) is 0 Å². The van der Waals surface area contributed by atoms with Gasteiger partial charge in [0, 0.05) is 25.7 Å². The molecule has 0 radical (unpaired) electrons. The molecular weight excluding hydrogens is 264 g/mol. The maximum absolute atomic E-state index is 12.3. The Balaban J connectivity index is 0.00000133. The van der Waals surface area contributed by atoms with Crippen molar-refractivity contribution in [1.29, 1.82) is 0 Å². The maximum atomic E-state index is 12.3. The van der Waals surface area contributed by atoms with Crippen LogP contribution in [0.5, 0.6) is 0 Å². The van der Waals surface area contributed by atoms with Gasteiger partial charge in [-0.25, -0.2) is 0 Å². The van der Waals surface area contributed by atoms with E-state index < -0.39 is 0 Å². The SMILES string of the molecule is Cl.O=C(C1CCOC1)N1CCC(C2CCCN2)CC1. The van der Waals surface area contributed by atoms with E-state index in [9.17, 15) is 4.79 Å². The fourth-order valence-corrected chi connectivity index (χ4v) is 3.62. The van der Waals surface area contributed by atoms with Crippen molar-refractivity contribution < 1.29 is 9.53 Å². The van der Waals surface area contributed by atoms with Crippen LogP contribution in [0, 0.1) is 11.8 Å². The average molecular weight is 289 g/mol. The van der Waals surface area contributed by atoms with E-state index >= 15 is 0 Å². The zero-order valence-corrected chi connectivity index (χ0v) is 12.3. The van der Waals surface area contributed by atoms with Gasteiger partial charge in [0.2, 0.25) is 5.91 Å². The molecule has 1 N–H and O–H groups in total. The fraction of sp³-hybridized carbons (Fsp3) is 0.929. The predicted octanol–water partition coefficient (Wildman–Crippen LogP) is 1.44. The van der Waals surface area contributed by atoms with Gasteiger partial charge in [-0.1, -0.05) is 0 Å². The summed E-state index contributed by atoms with van der Waals surface area (Å²) in [6.45, 7) is 4.50. The first kappa shape index (κ1) is 15.1. The topological polar surface area (TPSA) is 41.6 Å². The third kappa shape index (κ3) is 3.41.